The summed E-state index contributed by atoms with van der Waals surface area (Å²) in [6, 6.07) is 3.45. The maximum absolute atomic E-state index is 11.2. The van der Waals surface area contributed by atoms with E-state index >= 15 is 0 Å². The quantitative estimate of drug-likeness (QED) is 0.769. The Hall–Kier alpha value is -2.44. The molecular weight excluding hydrogens is 222 g/mol. The number of rotatable bonds is 3. The van der Waals surface area contributed by atoms with Crippen LogP contribution >= 0.6 is 0 Å². The number of methoxy groups -OCH3 is 1. The van der Waals surface area contributed by atoms with Crippen LogP contribution in [0.25, 0.3) is 0 Å². The van der Waals surface area contributed by atoms with Gasteiger partial charge in [-0.25, -0.2) is 14.8 Å². The van der Waals surface area contributed by atoms with E-state index in [4.69, 9.17) is 0 Å². The van der Waals surface area contributed by atoms with Crippen molar-refractivity contribution in [2.75, 3.05) is 12.4 Å². The van der Waals surface area contributed by atoms with E-state index in [1.54, 1.807) is 6.07 Å². The predicted molar refractivity (Wildman–Crippen MR) is 60.0 cm³/mol. The van der Waals surface area contributed by atoms with Crippen LogP contribution in [-0.4, -0.2) is 33.2 Å². The highest BCUT2D eigenvalue weighted by molar-refractivity contribution is 5.85. The topological polar surface area (TPSA) is 92.8 Å². The Bertz CT molecular complexity index is 537. The number of carbonyl (C=O) groups is 1. The van der Waals surface area contributed by atoms with E-state index in [-0.39, 0.29) is 5.82 Å². The largest absolute Gasteiger partial charge is 0.463 e. The van der Waals surface area contributed by atoms with Crippen LogP contribution in [0.1, 0.15) is 16.3 Å². The van der Waals surface area contributed by atoms with Crippen molar-refractivity contribution < 1.29 is 9.53 Å². The van der Waals surface area contributed by atoms with Gasteiger partial charge in [0, 0.05) is 18.0 Å². The van der Waals surface area contributed by atoms with Gasteiger partial charge in [0.25, 0.3) is 0 Å². The standard InChI is InChI=1S/C10H11N5O2/c1-6-5-8(15-14-6)12-7-3-4-11-9(13-7)10(16)17-2/h3-5H,1-2H3,(H2,11,12,13,14,15). The van der Waals surface area contributed by atoms with E-state index in [9.17, 15) is 4.79 Å². The number of hydrogen-bond acceptors (Lipinski definition) is 6. The first-order valence-electron chi connectivity index (χ1n) is 4.89. The van der Waals surface area contributed by atoms with Gasteiger partial charge in [-0.3, -0.25) is 5.10 Å². The molecular formula is C10H11N5O2. The molecule has 17 heavy (non-hydrogen) atoms. The fourth-order valence-corrected chi connectivity index (χ4v) is 1.23. The van der Waals surface area contributed by atoms with Crippen LogP contribution in [0, 0.1) is 6.92 Å². The fraction of sp³-hybridized carbons (Fsp3) is 0.200. The lowest BCUT2D eigenvalue weighted by Crippen LogP contribution is -2.08. The molecule has 0 saturated carbocycles. The Balaban J connectivity index is 2.19. The summed E-state index contributed by atoms with van der Waals surface area (Å²) in [6.45, 7) is 1.89. The fourth-order valence-electron chi connectivity index (χ4n) is 1.23. The van der Waals surface area contributed by atoms with Crippen molar-refractivity contribution in [2.45, 2.75) is 6.92 Å². The molecule has 0 spiro atoms. The average molecular weight is 233 g/mol. The smallest absolute Gasteiger partial charge is 0.376 e. The third-order valence-corrected chi connectivity index (χ3v) is 1.99. The zero-order valence-electron chi connectivity index (χ0n) is 9.39. The minimum Gasteiger partial charge on any atom is -0.463 e. The number of esters is 1. The van der Waals surface area contributed by atoms with Gasteiger partial charge in [0.2, 0.25) is 5.82 Å². The molecule has 0 amide bonds. The zero-order chi connectivity index (χ0) is 12.3. The van der Waals surface area contributed by atoms with Crippen molar-refractivity contribution in [1.29, 1.82) is 0 Å². The van der Waals surface area contributed by atoms with Crippen LogP contribution in [-0.2, 0) is 4.74 Å². The van der Waals surface area contributed by atoms with Gasteiger partial charge in [-0.15, -0.1) is 0 Å². The van der Waals surface area contributed by atoms with E-state index < -0.39 is 5.97 Å². The third-order valence-electron chi connectivity index (χ3n) is 1.99. The lowest BCUT2D eigenvalue weighted by atomic mass is 10.4. The summed E-state index contributed by atoms with van der Waals surface area (Å²) >= 11 is 0. The predicted octanol–water partition coefficient (Wildman–Crippen LogP) is 1.04. The summed E-state index contributed by atoms with van der Waals surface area (Å²) in [5, 5.41) is 9.73. The van der Waals surface area contributed by atoms with Crippen molar-refractivity contribution in [3.05, 3.63) is 29.8 Å². The molecule has 2 aromatic rings. The maximum atomic E-state index is 11.2. The van der Waals surface area contributed by atoms with Gasteiger partial charge in [0.05, 0.1) is 7.11 Å². The molecule has 0 atom stereocenters. The molecule has 0 radical (unpaired) electrons. The number of aromatic amines is 1. The van der Waals surface area contributed by atoms with E-state index in [2.05, 4.69) is 30.2 Å². The summed E-state index contributed by atoms with van der Waals surface area (Å²) in [5.74, 6) is 0.528. The second kappa shape index (κ2) is 4.60. The molecule has 2 aromatic heterocycles. The number of hydrogen-bond donors (Lipinski definition) is 2. The Labute approximate surface area is 97.2 Å². The highest BCUT2D eigenvalue weighted by atomic mass is 16.5. The van der Waals surface area contributed by atoms with Crippen molar-refractivity contribution in [1.82, 2.24) is 20.2 Å². The van der Waals surface area contributed by atoms with Gasteiger partial charge >= 0.3 is 5.97 Å². The first kappa shape index (κ1) is 11.1. The molecule has 2 heterocycles. The Morgan fingerprint density at radius 2 is 2.29 bits per heavy atom. The van der Waals surface area contributed by atoms with E-state index in [0.717, 1.165) is 5.69 Å². The normalized spacial score (nSPS) is 10.0. The Morgan fingerprint density at radius 1 is 1.47 bits per heavy atom. The molecule has 0 saturated heterocycles. The van der Waals surface area contributed by atoms with Crippen LogP contribution in [0.5, 0.6) is 0 Å². The van der Waals surface area contributed by atoms with Crippen molar-refractivity contribution in [3.8, 4) is 0 Å². The van der Waals surface area contributed by atoms with E-state index in [0.29, 0.717) is 11.6 Å². The minimum atomic E-state index is -0.577. The Morgan fingerprint density at radius 3 is 2.94 bits per heavy atom. The van der Waals surface area contributed by atoms with Gasteiger partial charge < -0.3 is 10.1 Å². The first-order chi connectivity index (χ1) is 8.19. The molecule has 7 nitrogen and oxygen atoms in total. The molecule has 0 aliphatic rings. The zero-order valence-corrected chi connectivity index (χ0v) is 9.39. The molecule has 7 heteroatoms. The molecule has 0 unspecified atom stereocenters. The summed E-state index contributed by atoms with van der Waals surface area (Å²) in [7, 11) is 1.28. The molecule has 0 aromatic carbocycles. The van der Waals surface area contributed by atoms with Crippen molar-refractivity contribution >= 4 is 17.6 Å². The van der Waals surface area contributed by atoms with Gasteiger partial charge in [0.1, 0.15) is 5.82 Å². The number of H-pyrrole nitrogens is 1. The second-order valence-electron chi connectivity index (χ2n) is 3.32. The van der Waals surface area contributed by atoms with E-state index in [1.807, 2.05) is 13.0 Å². The highest BCUT2D eigenvalue weighted by Crippen LogP contribution is 2.12. The summed E-state index contributed by atoms with van der Waals surface area (Å²) < 4.78 is 4.53. The van der Waals surface area contributed by atoms with Crippen molar-refractivity contribution in [3.63, 3.8) is 0 Å². The molecule has 88 valence electrons. The summed E-state index contributed by atoms with van der Waals surface area (Å²) in [5.41, 5.74) is 0.926. The van der Waals surface area contributed by atoms with Gasteiger partial charge in [0.15, 0.2) is 5.82 Å². The van der Waals surface area contributed by atoms with Crippen molar-refractivity contribution in [2.24, 2.45) is 0 Å². The van der Waals surface area contributed by atoms with Crippen LogP contribution in [0.3, 0.4) is 0 Å². The Kier molecular flexibility index (Phi) is 2.99. The minimum absolute atomic E-state index is 0.00441. The number of nitrogens with zero attached hydrogens (tertiary/aromatic N) is 3. The van der Waals surface area contributed by atoms with E-state index in [1.165, 1.54) is 13.3 Å². The van der Waals surface area contributed by atoms with Gasteiger partial charge in [-0.1, -0.05) is 0 Å². The van der Waals surface area contributed by atoms with Crippen LogP contribution < -0.4 is 5.32 Å². The number of carbonyl (C=O) groups excluding carboxylic acids is 1. The van der Waals surface area contributed by atoms with Crippen LogP contribution in [0.15, 0.2) is 18.3 Å². The number of aromatic nitrogens is 4. The monoisotopic (exact) mass is 233 g/mol. The summed E-state index contributed by atoms with van der Waals surface area (Å²) in [6.07, 6.45) is 1.47. The molecule has 0 aliphatic heterocycles. The lowest BCUT2D eigenvalue weighted by Gasteiger charge is -2.02. The molecule has 0 aliphatic carbocycles. The number of anilines is 2. The molecule has 2 rings (SSSR count). The average Bonchev–Trinajstić information content (AvgIpc) is 2.74. The van der Waals surface area contributed by atoms with Crippen LogP contribution in [0.4, 0.5) is 11.6 Å². The second-order valence-corrected chi connectivity index (χ2v) is 3.32. The lowest BCUT2D eigenvalue weighted by molar-refractivity contribution is 0.0587. The van der Waals surface area contributed by atoms with Gasteiger partial charge in [-0.2, -0.15) is 5.10 Å². The molecule has 2 N–H and O–H groups in total. The maximum Gasteiger partial charge on any atom is 0.376 e. The van der Waals surface area contributed by atoms with Gasteiger partial charge in [-0.05, 0) is 13.0 Å². The third kappa shape index (κ3) is 2.57. The first-order valence-corrected chi connectivity index (χ1v) is 4.89. The number of ether oxygens (including phenoxy) is 1. The molecule has 0 fully saturated rings. The molecule has 0 bridgehead atoms. The highest BCUT2D eigenvalue weighted by Gasteiger charge is 2.09. The SMILES string of the molecule is COC(=O)c1nccc(Nc2cc(C)[nH]n2)n1. The number of aryl methyl sites for hydroxylation is 1. The summed E-state index contributed by atoms with van der Waals surface area (Å²) in [4.78, 5) is 19.0. The van der Waals surface area contributed by atoms with Crippen LogP contribution in [0.2, 0.25) is 0 Å². The number of nitrogens with one attached hydrogen (secondary N) is 2.